The van der Waals surface area contributed by atoms with E-state index in [1.54, 1.807) is 0 Å². The first-order chi connectivity index (χ1) is 8.70. The van der Waals surface area contributed by atoms with E-state index in [0.717, 1.165) is 29.6 Å². The average Bonchev–Trinajstić information content (AvgIpc) is 2.82. The zero-order valence-electron chi connectivity index (χ0n) is 10.8. The summed E-state index contributed by atoms with van der Waals surface area (Å²) in [6.07, 6.45) is 4.88. The third-order valence-electron chi connectivity index (χ3n) is 4.99. The first-order valence-corrected chi connectivity index (χ1v) is 7.18. The molecular weight excluding hydrogens is 224 g/mol. The average molecular weight is 244 g/mol. The molecule has 18 heavy (non-hydrogen) atoms. The first kappa shape index (κ1) is 10.9. The van der Waals surface area contributed by atoms with Crippen molar-refractivity contribution in [3.05, 3.63) is 29.3 Å². The predicted molar refractivity (Wildman–Crippen MR) is 69.5 cm³/mol. The number of ether oxygens (including phenoxy) is 1. The molecule has 4 atom stereocenters. The van der Waals surface area contributed by atoms with Crippen LogP contribution in [0.2, 0.25) is 0 Å². The molecule has 1 aliphatic heterocycles. The van der Waals surface area contributed by atoms with E-state index in [1.807, 2.05) is 12.1 Å². The van der Waals surface area contributed by atoms with Crippen molar-refractivity contribution in [2.24, 2.45) is 17.8 Å². The van der Waals surface area contributed by atoms with Gasteiger partial charge in [0.15, 0.2) is 0 Å². The van der Waals surface area contributed by atoms with Gasteiger partial charge in [-0.3, -0.25) is 0 Å². The molecule has 2 aliphatic carbocycles. The molecule has 1 N–H and O–H groups in total. The molecule has 2 nitrogen and oxygen atoms in total. The van der Waals surface area contributed by atoms with Crippen molar-refractivity contribution in [1.29, 1.82) is 0 Å². The van der Waals surface area contributed by atoms with Crippen LogP contribution in [-0.4, -0.2) is 11.2 Å². The van der Waals surface area contributed by atoms with Crippen LogP contribution in [-0.2, 0) is 6.42 Å². The molecule has 2 saturated carbocycles. The van der Waals surface area contributed by atoms with Gasteiger partial charge in [-0.15, -0.1) is 0 Å². The highest BCUT2D eigenvalue weighted by Gasteiger charge is 2.47. The molecule has 3 aliphatic rings. The highest BCUT2D eigenvalue weighted by molar-refractivity contribution is 5.41. The van der Waals surface area contributed by atoms with E-state index in [1.165, 1.54) is 24.8 Å². The normalized spacial score (nSPS) is 37.9. The molecule has 0 saturated heterocycles. The van der Waals surface area contributed by atoms with Crippen LogP contribution in [0.25, 0.3) is 0 Å². The topological polar surface area (TPSA) is 29.5 Å². The minimum Gasteiger partial charge on any atom is -0.490 e. The number of benzene rings is 1. The van der Waals surface area contributed by atoms with Gasteiger partial charge in [-0.2, -0.15) is 0 Å². The van der Waals surface area contributed by atoms with Crippen LogP contribution in [0.4, 0.5) is 0 Å². The quantitative estimate of drug-likeness (QED) is 0.866. The Kier molecular flexibility index (Phi) is 2.25. The third kappa shape index (κ3) is 1.66. The number of fused-ring (bicyclic) bond motifs is 2. The molecule has 0 spiro atoms. The Morgan fingerprint density at radius 2 is 2.00 bits per heavy atom. The molecule has 0 amide bonds. The van der Waals surface area contributed by atoms with Gasteiger partial charge in [0.2, 0.25) is 0 Å². The Hall–Kier alpha value is -1.02. The molecule has 1 aromatic rings. The van der Waals surface area contributed by atoms with Crippen molar-refractivity contribution in [1.82, 2.24) is 0 Å². The molecule has 4 unspecified atom stereocenters. The van der Waals surface area contributed by atoms with E-state index in [9.17, 15) is 5.11 Å². The molecule has 2 fully saturated rings. The van der Waals surface area contributed by atoms with Gasteiger partial charge in [0.1, 0.15) is 11.9 Å². The van der Waals surface area contributed by atoms with E-state index >= 15 is 0 Å². The largest absolute Gasteiger partial charge is 0.490 e. The zero-order chi connectivity index (χ0) is 12.3. The van der Waals surface area contributed by atoms with E-state index in [0.29, 0.717) is 5.92 Å². The van der Waals surface area contributed by atoms with Gasteiger partial charge in [-0.1, -0.05) is 6.07 Å². The number of aliphatic hydroxyl groups is 1. The summed E-state index contributed by atoms with van der Waals surface area (Å²) in [5.74, 6) is 3.36. The second-order valence-electron chi connectivity index (χ2n) is 6.43. The van der Waals surface area contributed by atoms with Crippen LogP contribution >= 0.6 is 0 Å². The van der Waals surface area contributed by atoms with Crippen molar-refractivity contribution >= 4 is 0 Å². The van der Waals surface area contributed by atoms with Crippen molar-refractivity contribution in [3.8, 4) is 5.75 Å². The second-order valence-corrected chi connectivity index (χ2v) is 6.43. The molecule has 1 heterocycles. The van der Waals surface area contributed by atoms with Crippen LogP contribution in [0.15, 0.2) is 18.2 Å². The van der Waals surface area contributed by atoms with E-state index < -0.39 is 0 Å². The Morgan fingerprint density at radius 3 is 2.78 bits per heavy atom. The summed E-state index contributed by atoms with van der Waals surface area (Å²) in [7, 11) is 0. The molecule has 0 radical (unpaired) electrons. The van der Waals surface area contributed by atoms with Gasteiger partial charge in [-0.25, -0.2) is 0 Å². The van der Waals surface area contributed by atoms with Crippen LogP contribution in [0.3, 0.4) is 0 Å². The maximum atomic E-state index is 10.5. The fourth-order valence-electron chi connectivity index (χ4n) is 3.92. The molecule has 2 heteroatoms. The van der Waals surface area contributed by atoms with Gasteiger partial charge >= 0.3 is 0 Å². The highest BCUT2D eigenvalue weighted by Crippen LogP contribution is 2.57. The molecule has 4 rings (SSSR count). The van der Waals surface area contributed by atoms with Gasteiger partial charge in [0.25, 0.3) is 0 Å². The predicted octanol–water partition coefficient (Wildman–Crippen LogP) is 3.09. The zero-order valence-corrected chi connectivity index (χ0v) is 10.8. The third-order valence-corrected chi connectivity index (χ3v) is 4.99. The maximum absolute atomic E-state index is 10.5. The Labute approximate surface area is 108 Å². The van der Waals surface area contributed by atoms with Crippen LogP contribution in [0, 0.1) is 17.8 Å². The summed E-state index contributed by atoms with van der Waals surface area (Å²) < 4.78 is 5.71. The monoisotopic (exact) mass is 244 g/mol. The minimum absolute atomic E-state index is 0.265. The van der Waals surface area contributed by atoms with Crippen LogP contribution in [0.5, 0.6) is 5.75 Å². The molecular formula is C16H20O2. The Morgan fingerprint density at radius 1 is 1.22 bits per heavy atom. The molecule has 96 valence electrons. The van der Waals surface area contributed by atoms with Gasteiger partial charge < -0.3 is 9.84 Å². The smallest absolute Gasteiger partial charge is 0.123 e. The summed E-state index contributed by atoms with van der Waals surface area (Å²) in [5, 5.41) is 10.5. The van der Waals surface area contributed by atoms with E-state index in [2.05, 4.69) is 13.0 Å². The Balaban J connectivity index is 1.56. The van der Waals surface area contributed by atoms with Crippen molar-refractivity contribution in [2.45, 2.75) is 44.8 Å². The molecule has 0 bridgehead atoms. The highest BCUT2D eigenvalue weighted by atomic mass is 16.5. The minimum atomic E-state index is -0.265. The van der Waals surface area contributed by atoms with Gasteiger partial charge in [-0.05, 0) is 67.2 Å². The first-order valence-electron chi connectivity index (χ1n) is 7.18. The molecule has 0 aromatic heterocycles. The lowest BCUT2D eigenvalue weighted by molar-refractivity contribution is 0.104. The van der Waals surface area contributed by atoms with Crippen LogP contribution < -0.4 is 4.74 Å². The van der Waals surface area contributed by atoms with Crippen LogP contribution in [0.1, 0.15) is 43.4 Å². The number of aliphatic hydroxyl groups excluding tert-OH is 1. The number of rotatable bonds is 2. The van der Waals surface area contributed by atoms with Crippen molar-refractivity contribution < 1.29 is 9.84 Å². The standard InChI is InChI=1S/C16H20O2/c1-9-4-13-5-10(2-3-15(13)18-9)16(17)14-7-11-6-12(11)8-14/h2-3,5,9,11-12,14,16-17H,4,6-8H2,1H3. The molecule has 1 aromatic carbocycles. The summed E-state index contributed by atoms with van der Waals surface area (Å²) in [4.78, 5) is 0. The van der Waals surface area contributed by atoms with Crippen molar-refractivity contribution in [2.75, 3.05) is 0 Å². The van der Waals surface area contributed by atoms with Crippen molar-refractivity contribution in [3.63, 3.8) is 0 Å². The summed E-state index contributed by atoms with van der Waals surface area (Å²) in [5.41, 5.74) is 2.36. The van der Waals surface area contributed by atoms with Gasteiger partial charge in [0.05, 0.1) is 6.10 Å². The summed E-state index contributed by atoms with van der Waals surface area (Å²) in [6, 6.07) is 6.24. The number of hydrogen-bond acceptors (Lipinski definition) is 2. The van der Waals surface area contributed by atoms with E-state index in [-0.39, 0.29) is 12.2 Å². The lowest BCUT2D eigenvalue weighted by atomic mass is 9.90. The summed E-state index contributed by atoms with van der Waals surface area (Å²) >= 11 is 0. The fraction of sp³-hybridized carbons (Fsp3) is 0.625. The Bertz CT molecular complexity index is 472. The van der Waals surface area contributed by atoms with Gasteiger partial charge in [0, 0.05) is 6.42 Å². The summed E-state index contributed by atoms with van der Waals surface area (Å²) in [6.45, 7) is 2.10. The second kappa shape index (κ2) is 3.74. The lowest BCUT2D eigenvalue weighted by Gasteiger charge is -2.20. The SMILES string of the molecule is CC1Cc2cc(C(O)C3CC4CC4C3)ccc2O1. The van der Waals surface area contributed by atoms with E-state index in [4.69, 9.17) is 4.74 Å². The maximum Gasteiger partial charge on any atom is 0.123 e. The fourth-order valence-corrected chi connectivity index (χ4v) is 3.92. The number of hydrogen-bond donors (Lipinski definition) is 1. The lowest BCUT2D eigenvalue weighted by Crippen LogP contribution is -2.11.